The molecule has 2 rings (SSSR count). The van der Waals surface area contributed by atoms with Crippen molar-refractivity contribution in [1.82, 2.24) is 26.6 Å². The number of nitrogens with one attached hydrogen (secondary N) is 5. The monoisotopic (exact) mass is 788 g/mol. The van der Waals surface area contributed by atoms with Gasteiger partial charge < -0.3 is 64.8 Å². The van der Waals surface area contributed by atoms with Gasteiger partial charge in [0.2, 0.25) is 35.4 Å². The number of aliphatic carboxylic acids is 1. The molecular weight excluding hydrogens is 741 g/mol. The zero-order valence-electron chi connectivity index (χ0n) is 29.7. The number of primary amides is 1. The third-order valence-corrected chi connectivity index (χ3v) is 8.27. The van der Waals surface area contributed by atoms with E-state index in [9.17, 15) is 48.9 Å². The molecule has 6 amide bonds. The van der Waals surface area contributed by atoms with E-state index in [2.05, 4.69) is 44.2 Å². The number of amides is 6. The van der Waals surface area contributed by atoms with Crippen LogP contribution in [0, 0.1) is 0 Å². The number of hydrogen-bond acceptors (Lipinski definition) is 12. The minimum atomic E-state index is -1.71. The van der Waals surface area contributed by atoms with Crippen LogP contribution in [-0.4, -0.2) is 118 Å². The van der Waals surface area contributed by atoms with Gasteiger partial charge in [0.1, 0.15) is 36.0 Å². The van der Waals surface area contributed by atoms with Crippen molar-refractivity contribution in [2.24, 2.45) is 27.9 Å². The Morgan fingerprint density at radius 3 is 1.73 bits per heavy atom. The van der Waals surface area contributed by atoms with Crippen LogP contribution in [0.3, 0.4) is 0 Å². The number of phenols is 1. The third-order valence-electron chi connectivity index (χ3n) is 7.87. The number of aliphatic hydroxyl groups is 1. The van der Waals surface area contributed by atoms with Gasteiger partial charge in [-0.15, -0.1) is 0 Å². The van der Waals surface area contributed by atoms with E-state index in [-0.39, 0.29) is 49.7 Å². The van der Waals surface area contributed by atoms with Gasteiger partial charge in [-0.05, 0) is 36.1 Å². The van der Waals surface area contributed by atoms with E-state index in [0.717, 1.165) is 0 Å². The Morgan fingerprint density at radius 2 is 1.16 bits per heavy atom. The highest BCUT2D eigenvalue weighted by Crippen LogP contribution is 2.12. The van der Waals surface area contributed by atoms with Gasteiger partial charge in [0, 0.05) is 25.1 Å². The van der Waals surface area contributed by atoms with Crippen LogP contribution in [-0.2, 0) is 46.4 Å². The first-order valence-electron chi connectivity index (χ1n) is 16.9. The normalized spacial score (nSPS) is 14.0. The summed E-state index contributed by atoms with van der Waals surface area (Å²) < 4.78 is 0. The Bertz CT molecular complexity index is 1660. The minimum absolute atomic E-state index is 0.0426. The number of thiol groups is 1. The van der Waals surface area contributed by atoms with Gasteiger partial charge in [0.05, 0.1) is 19.1 Å². The number of carboxylic acids is 1. The largest absolute Gasteiger partial charge is 0.508 e. The third kappa shape index (κ3) is 16.3. The molecule has 0 saturated heterocycles. The standard InChI is InChI=1S/C34H48N10O10S/c35-21(17-55)28(48)41-24(15-27(36)47)31(51)44-26(16-45)32(52)42-23(13-18-5-2-1-3-6-18)30(50)40-22(7-4-12-39-34(37)38)29(49)43-25(33(53)54)14-19-8-10-20(46)11-9-19/h1-3,5-6,8-11,21-26,45-46,55H,4,7,12-17,35H2,(H2,36,47)(H,40,50)(H,41,48)(H,42,52)(H,43,49)(H,44,51)(H,53,54)(H4,37,38,39). The lowest BCUT2D eigenvalue weighted by Crippen LogP contribution is -2.60. The van der Waals surface area contributed by atoms with E-state index < -0.39 is 90.7 Å². The van der Waals surface area contributed by atoms with E-state index in [1.54, 1.807) is 30.3 Å². The lowest BCUT2D eigenvalue weighted by atomic mass is 10.0. The van der Waals surface area contributed by atoms with Gasteiger partial charge in [-0.2, -0.15) is 12.6 Å². The topological polar surface area (TPSA) is 357 Å². The molecule has 0 radical (unpaired) electrons. The number of guanidine groups is 1. The number of carbonyl (C=O) groups is 7. The molecule has 6 atom stereocenters. The number of hydrogen-bond donors (Lipinski definition) is 13. The number of aliphatic imine (C=N–C) groups is 1. The molecule has 0 aromatic heterocycles. The van der Waals surface area contributed by atoms with E-state index in [0.29, 0.717) is 11.1 Å². The average Bonchev–Trinajstić information content (AvgIpc) is 3.14. The summed E-state index contributed by atoms with van der Waals surface area (Å²) in [4.78, 5) is 93.9. The fraction of sp³-hybridized carbons (Fsp3) is 0.412. The molecule has 55 heavy (non-hydrogen) atoms. The van der Waals surface area contributed by atoms with Gasteiger partial charge in [-0.25, -0.2) is 4.79 Å². The number of nitrogens with two attached hydrogens (primary N) is 4. The lowest BCUT2D eigenvalue weighted by molar-refractivity contribution is -0.142. The van der Waals surface area contributed by atoms with Crippen molar-refractivity contribution in [3.63, 3.8) is 0 Å². The summed E-state index contributed by atoms with van der Waals surface area (Å²) in [6, 6.07) is 5.38. The second kappa shape index (κ2) is 23.0. The second-order valence-corrected chi connectivity index (χ2v) is 12.7. The number of benzene rings is 2. The maximum absolute atomic E-state index is 13.9. The summed E-state index contributed by atoms with van der Waals surface area (Å²) in [7, 11) is 0. The first-order chi connectivity index (χ1) is 26.0. The van der Waals surface area contributed by atoms with E-state index in [1.165, 1.54) is 24.3 Å². The van der Waals surface area contributed by atoms with Crippen LogP contribution in [0.4, 0.5) is 0 Å². The quantitative estimate of drug-likeness (QED) is 0.0221. The summed E-state index contributed by atoms with van der Waals surface area (Å²) in [6.45, 7) is -0.935. The molecule has 21 heteroatoms. The molecule has 2 aromatic carbocycles. The number of carboxylic acid groups (broad SMARTS) is 1. The number of rotatable bonds is 23. The van der Waals surface area contributed by atoms with E-state index >= 15 is 0 Å². The number of carbonyl (C=O) groups excluding carboxylic acids is 6. The van der Waals surface area contributed by atoms with Gasteiger partial charge in [0.25, 0.3) is 0 Å². The summed E-state index contributed by atoms with van der Waals surface area (Å²) in [5.74, 6) is -7.45. The number of phenolic OH excluding ortho intramolecular Hbond substituents is 1. The Kier molecular flexibility index (Phi) is 18.9. The Balaban J connectivity index is 2.35. The van der Waals surface area contributed by atoms with Crippen LogP contribution in [0.25, 0.3) is 0 Å². The fourth-order valence-corrected chi connectivity index (χ4v) is 5.12. The summed E-state index contributed by atoms with van der Waals surface area (Å²) in [5, 5.41) is 41.4. The van der Waals surface area contributed by atoms with Crippen molar-refractivity contribution in [2.45, 2.75) is 68.4 Å². The Morgan fingerprint density at radius 1 is 0.673 bits per heavy atom. The molecule has 0 aliphatic heterocycles. The van der Waals surface area contributed by atoms with Crippen LogP contribution in [0.2, 0.25) is 0 Å². The average molecular weight is 789 g/mol. The van der Waals surface area contributed by atoms with Crippen molar-refractivity contribution in [2.75, 3.05) is 18.9 Å². The summed E-state index contributed by atoms with van der Waals surface area (Å²) in [5.41, 5.74) is 22.7. The van der Waals surface area contributed by atoms with Crippen molar-refractivity contribution in [3.8, 4) is 5.75 Å². The first kappa shape index (κ1) is 45.2. The number of aliphatic hydroxyl groups excluding tert-OH is 1. The number of nitrogens with zero attached hydrogens (tertiary/aromatic N) is 1. The molecule has 20 nitrogen and oxygen atoms in total. The molecular formula is C34H48N10O10S. The Hall–Kier alpha value is -5.93. The predicted molar refractivity (Wildman–Crippen MR) is 202 cm³/mol. The van der Waals surface area contributed by atoms with E-state index in [4.69, 9.17) is 22.9 Å². The molecule has 16 N–H and O–H groups in total. The van der Waals surface area contributed by atoms with E-state index in [1.807, 2.05) is 0 Å². The van der Waals surface area contributed by atoms with Crippen molar-refractivity contribution >= 4 is 60.0 Å². The summed E-state index contributed by atoms with van der Waals surface area (Å²) in [6.07, 6.45) is -0.913. The molecule has 0 fully saturated rings. The maximum Gasteiger partial charge on any atom is 0.326 e. The molecule has 0 saturated carbocycles. The highest BCUT2D eigenvalue weighted by atomic mass is 32.1. The molecule has 2 aromatic rings. The van der Waals surface area contributed by atoms with Crippen molar-refractivity contribution in [1.29, 1.82) is 0 Å². The Labute approximate surface area is 321 Å². The fourth-order valence-electron chi connectivity index (χ4n) is 4.95. The SMILES string of the molecule is NC(=O)CC(NC(=O)C(N)CS)C(=O)NC(CO)C(=O)NC(Cc1ccccc1)C(=O)NC(CCCN=C(N)N)C(=O)NC(Cc1ccc(O)cc1)C(=O)O. The molecule has 0 heterocycles. The van der Waals surface area contributed by atoms with Crippen LogP contribution in [0.5, 0.6) is 5.75 Å². The van der Waals surface area contributed by atoms with Gasteiger partial charge >= 0.3 is 5.97 Å². The van der Waals surface area contributed by atoms with Crippen LogP contribution < -0.4 is 49.5 Å². The van der Waals surface area contributed by atoms with Gasteiger partial charge in [-0.3, -0.25) is 33.8 Å². The second-order valence-electron chi connectivity index (χ2n) is 12.3. The predicted octanol–water partition coefficient (Wildman–Crippen LogP) is -4.14. The molecule has 300 valence electrons. The lowest BCUT2D eigenvalue weighted by Gasteiger charge is -2.26. The molecule has 0 spiro atoms. The number of aromatic hydroxyl groups is 1. The summed E-state index contributed by atoms with van der Waals surface area (Å²) >= 11 is 3.92. The molecule has 6 unspecified atom stereocenters. The zero-order valence-corrected chi connectivity index (χ0v) is 30.6. The van der Waals surface area contributed by atoms with Crippen molar-refractivity contribution < 1.29 is 48.9 Å². The van der Waals surface area contributed by atoms with Crippen molar-refractivity contribution in [3.05, 3.63) is 65.7 Å². The van der Waals surface area contributed by atoms with Crippen LogP contribution in [0.1, 0.15) is 30.4 Å². The maximum atomic E-state index is 13.9. The molecule has 0 bridgehead atoms. The molecule has 0 aliphatic carbocycles. The highest BCUT2D eigenvalue weighted by molar-refractivity contribution is 7.80. The van der Waals surface area contributed by atoms with Gasteiger partial charge in [0.15, 0.2) is 5.96 Å². The first-order valence-corrected chi connectivity index (χ1v) is 17.5. The zero-order chi connectivity index (χ0) is 41.1. The van der Waals surface area contributed by atoms with Gasteiger partial charge in [-0.1, -0.05) is 42.5 Å². The van der Waals surface area contributed by atoms with Crippen LogP contribution >= 0.6 is 12.6 Å². The smallest absolute Gasteiger partial charge is 0.326 e. The minimum Gasteiger partial charge on any atom is -0.508 e. The molecule has 0 aliphatic rings. The van der Waals surface area contributed by atoms with Crippen LogP contribution in [0.15, 0.2) is 59.6 Å². The highest BCUT2D eigenvalue weighted by Gasteiger charge is 2.33.